The van der Waals surface area contributed by atoms with Crippen molar-refractivity contribution in [3.63, 3.8) is 0 Å². The van der Waals surface area contributed by atoms with Gasteiger partial charge in [-0.25, -0.2) is 0 Å². The van der Waals surface area contributed by atoms with E-state index in [0.717, 1.165) is 18.4 Å². The Labute approximate surface area is 101 Å². The summed E-state index contributed by atoms with van der Waals surface area (Å²) in [7, 11) is 0. The molecule has 0 saturated heterocycles. The van der Waals surface area contributed by atoms with Gasteiger partial charge in [0.15, 0.2) is 0 Å². The summed E-state index contributed by atoms with van der Waals surface area (Å²) in [6, 6.07) is 0.694. The van der Waals surface area contributed by atoms with Crippen LogP contribution in [0.4, 0.5) is 0 Å². The third-order valence-corrected chi connectivity index (χ3v) is 4.26. The number of hydrogen-bond donors (Lipinski definition) is 1. The van der Waals surface area contributed by atoms with Crippen molar-refractivity contribution in [2.24, 2.45) is 11.8 Å². The molecule has 0 radical (unpaired) electrons. The first kappa shape index (κ1) is 15.3. The molecule has 0 amide bonds. The van der Waals surface area contributed by atoms with Crippen LogP contribution >= 0.6 is 11.8 Å². The van der Waals surface area contributed by atoms with E-state index in [1.165, 1.54) is 24.3 Å². The first-order valence-electron chi connectivity index (χ1n) is 6.42. The second-order valence-corrected chi connectivity index (χ2v) is 5.93. The highest BCUT2D eigenvalue weighted by atomic mass is 32.2. The lowest BCUT2D eigenvalue weighted by Crippen LogP contribution is -2.36. The van der Waals surface area contributed by atoms with Crippen molar-refractivity contribution < 1.29 is 0 Å². The van der Waals surface area contributed by atoms with Gasteiger partial charge in [-0.2, -0.15) is 11.8 Å². The fourth-order valence-corrected chi connectivity index (χ4v) is 2.86. The van der Waals surface area contributed by atoms with Crippen molar-refractivity contribution in [1.82, 2.24) is 5.32 Å². The molecule has 2 unspecified atom stereocenters. The van der Waals surface area contributed by atoms with Crippen LogP contribution in [0.2, 0.25) is 0 Å². The zero-order valence-corrected chi connectivity index (χ0v) is 12.0. The summed E-state index contributed by atoms with van der Waals surface area (Å²) in [6.07, 6.45) is 2.54. The summed E-state index contributed by atoms with van der Waals surface area (Å²) in [5.74, 6) is 4.20. The summed E-state index contributed by atoms with van der Waals surface area (Å²) >= 11 is 2.11. The van der Waals surface area contributed by atoms with Crippen LogP contribution in [-0.2, 0) is 0 Å². The van der Waals surface area contributed by atoms with E-state index in [1.807, 2.05) is 0 Å². The van der Waals surface area contributed by atoms with Crippen molar-refractivity contribution in [2.45, 2.75) is 53.5 Å². The molecular formula is C13H29NS. The molecule has 15 heavy (non-hydrogen) atoms. The van der Waals surface area contributed by atoms with Crippen LogP contribution in [0.1, 0.15) is 47.5 Å². The Morgan fingerprint density at radius 1 is 1.07 bits per heavy atom. The van der Waals surface area contributed by atoms with E-state index in [2.05, 4.69) is 51.7 Å². The average molecular weight is 231 g/mol. The molecule has 0 aliphatic heterocycles. The van der Waals surface area contributed by atoms with Gasteiger partial charge in [0.05, 0.1) is 0 Å². The van der Waals surface area contributed by atoms with Gasteiger partial charge in [-0.15, -0.1) is 0 Å². The second kappa shape index (κ2) is 9.53. The van der Waals surface area contributed by atoms with Crippen LogP contribution in [0.25, 0.3) is 0 Å². The molecule has 0 aromatic rings. The summed E-state index contributed by atoms with van der Waals surface area (Å²) in [6.45, 7) is 12.6. The Morgan fingerprint density at radius 2 is 1.73 bits per heavy atom. The molecule has 2 heteroatoms. The Balaban J connectivity index is 3.66. The molecule has 0 bridgehead atoms. The summed E-state index contributed by atoms with van der Waals surface area (Å²) < 4.78 is 0. The molecule has 0 spiro atoms. The van der Waals surface area contributed by atoms with Crippen molar-refractivity contribution in [3.8, 4) is 0 Å². The molecule has 2 atom stereocenters. The molecule has 0 aromatic heterocycles. The Hall–Kier alpha value is 0.310. The van der Waals surface area contributed by atoms with Gasteiger partial charge in [-0.1, -0.05) is 41.0 Å². The van der Waals surface area contributed by atoms with Crippen molar-refractivity contribution >= 4 is 11.8 Å². The number of thioether (sulfide) groups is 1. The zero-order chi connectivity index (χ0) is 11.7. The van der Waals surface area contributed by atoms with Crippen LogP contribution in [0.5, 0.6) is 0 Å². The Kier molecular flexibility index (Phi) is 9.73. The van der Waals surface area contributed by atoms with E-state index in [1.54, 1.807) is 0 Å². The van der Waals surface area contributed by atoms with Gasteiger partial charge in [0.1, 0.15) is 0 Å². The van der Waals surface area contributed by atoms with E-state index in [0.29, 0.717) is 6.04 Å². The van der Waals surface area contributed by atoms with E-state index < -0.39 is 0 Å². The van der Waals surface area contributed by atoms with E-state index in [9.17, 15) is 0 Å². The van der Waals surface area contributed by atoms with E-state index >= 15 is 0 Å². The minimum atomic E-state index is 0.694. The molecule has 0 aliphatic carbocycles. The lowest BCUT2D eigenvalue weighted by molar-refractivity contribution is 0.433. The van der Waals surface area contributed by atoms with Gasteiger partial charge in [-0.3, -0.25) is 0 Å². The normalized spacial score (nSPS) is 15.6. The zero-order valence-electron chi connectivity index (χ0n) is 11.2. The third-order valence-electron chi connectivity index (χ3n) is 2.86. The topological polar surface area (TPSA) is 12.0 Å². The van der Waals surface area contributed by atoms with Gasteiger partial charge in [0.2, 0.25) is 0 Å². The smallest absolute Gasteiger partial charge is 0.0181 e. The number of rotatable bonds is 9. The highest BCUT2D eigenvalue weighted by molar-refractivity contribution is 7.99. The second-order valence-electron chi connectivity index (χ2n) is 4.86. The van der Waals surface area contributed by atoms with Crippen LogP contribution in [0.3, 0.4) is 0 Å². The van der Waals surface area contributed by atoms with E-state index in [-0.39, 0.29) is 0 Å². The highest BCUT2D eigenvalue weighted by Crippen LogP contribution is 2.15. The van der Waals surface area contributed by atoms with Crippen molar-refractivity contribution in [1.29, 1.82) is 0 Å². The molecule has 92 valence electrons. The minimum absolute atomic E-state index is 0.694. The highest BCUT2D eigenvalue weighted by Gasteiger charge is 2.12. The molecule has 0 aliphatic rings. The minimum Gasteiger partial charge on any atom is -0.313 e. The molecule has 0 fully saturated rings. The molecule has 1 N–H and O–H groups in total. The SMILES string of the molecule is CCCNC(CSCC(C)CC)C(C)C. The predicted molar refractivity (Wildman–Crippen MR) is 73.7 cm³/mol. The van der Waals surface area contributed by atoms with E-state index in [4.69, 9.17) is 0 Å². The fourth-order valence-electron chi connectivity index (χ4n) is 1.33. The van der Waals surface area contributed by atoms with Crippen molar-refractivity contribution in [2.75, 3.05) is 18.1 Å². The first-order chi connectivity index (χ1) is 7.11. The molecule has 0 saturated carbocycles. The Morgan fingerprint density at radius 3 is 2.20 bits per heavy atom. The maximum absolute atomic E-state index is 3.64. The maximum Gasteiger partial charge on any atom is 0.0181 e. The average Bonchev–Trinajstić information content (AvgIpc) is 2.22. The van der Waals surface area contributed by atoms with Gasteiger partial charge >= 0.3 is 0 Å². The lowest BCUT2D eigenvalue weighted by Gasteiger charge is -2.22. The van der Waals surface area contributed by atoms with Crippen molar-refractivity contribution in [3.05, 3.63) is 0 Å². The largest absolute Gasteiger partial charge is 0.313 e. The third kappa shape index (κ3) is 8.15. The molecule has 0 aromatic carbocycles. The summed E-state index contributed by atoms with van der Waals surface area (Å²) in [5, 5.41) is 3.64. The fraction of sp³-hybridized carbons (Fsp3) is 1.00. The van der Waals surface area contributed by atoms with Gasteiger partial charge in [-0.05, 0) is 30.6 Å². The molecule has 0 heterocycles. The molecule has 0 rings (SSSR count). The number of hydrogen-bond acceptors (Lipinski definition) is 2. The maximum atomic E-state index is 3.64. The first-order valence-corrected chi connectivity index (χ1v) is 7.58. The molecule has 1 nitrogen and oxygen atoms in total. The van der Waals surface area contributed by atoms with Gasteiger partial charge in [0.25, 0.3) is 0 Å². The summed E-state index contributed by atoms with van der Waals surface area (Å²) in [5.41, 5.74) is 0. The Bertz CT molecular complexity index is 136. The van der Waals surface area contributed by atoms with Gasteiger partial charge < -0.3 is 5.32 Å². The molecular weight excluding hydrogens is 202 g/mol. The monoisotopic (exact) mass is 231 g/mol. The van der Waals surface area contributed by atoms with Crippen LogP contribution in [0.15, 0.2) is 0 Å². The predicted octanol–water partition coefficient (Wildman–Crippen LogP) is 3.79. The summed E-state index contributed by atoms with van der Waals surface area (Å²) in [4.78, 5) is 0. The quantitative estimate of drug-likeness (QED) is 0.648. The van der Waals surface area contributed by atoms with Crippen LogP contribution < -0.4 is 5.32 Å². The number of nitrogens with one attached hydrogen (secondary N) is 1. The standard InChI is InChI=1S/C13H29NS/c1-6-8-14-13(11(3)4)10-15-9-12(5)7-2/h11-14H,6-10H2,1-5H3. The lowest BCUT2D eigenvalue weighted by atomic mass is 10.1. The van der Waals surface area contributed by atoms with Gasteiger partial charge in [0, 0.05) is 11.8 Å². The van der Waals surface area contributed by atoms with Crippen LogP contribution in [-0.4, -0.2) is 24.1 Å². The van der Waals surface area contributed by atoms with Crippen LogP contribution in [0, 0.1) is 11.8 Å².